The molecule has 1 fully saturated rings. The minimum atomic E-state index is -1.75. The number of ether oxygens (including phenoxy) is 1. The van der Waals surface area contributed by atoms with Crippen LogP contribution in [-0.4, -0.2) is 43.0 Å². The minimum absolute atomic E-state index is 0.625. The molecule has 72 valence electrons. The van der Waals surface area contributed by atoms with Gasteiger partial charge in [0.1, 0.15) is 13.1 Å². The molecule has 0 radical (unpaired) electrons. The van der Waals surface area contributed by atoms with Gasteiger partial charge in [-0.05, 0) is 0 Å². The Balaban J connectivity index is 0.000000261. The first-order chi connectivity index (χ1) is 5.44. The first kappa shape index (κ1) is 11.1. The molecule has 2 N–H and O–H groups in total. The Morgan fingerprint density at radius 3 is 1.92 bits per heavy atom. The molecule has 0 aliphatic carbocycles. The lowest BCUT2D eigenvalue weighted by Gasteiger charge is -2.31. The maximum atomic E-state index is 8.25. The van der Waals surface area contributed by atoms with Gasteiger partial charge in [0.05, 0.1) is 25.3 Å². The van der Waals surface area contributed by atoms with Crippen LogP contribution in [-0.2, 0) is 4.74 Å². The zero-order valence-corrected chi connectivity index (χ0v) is 6.93. The summed E-state index contributed by atoms with van der Waals surface area (Å²) in [6, 6.07) is 0. The summed E-state index contributed by atoms with van der Waals surface area (Å²) in [5, 5.41) is 14.8. The van der Waals surface area contributed by atoms with Crippen LogP contribution >= 0.6 is 0 Å². The molecule has 7 nitrogen and oxygen atoms in total. The van der Waals surface area contributed by atoms with E-state index < -0.39 is 5.09 Å². The Hall–Kier alpha value is -0.920. The molecular weight excluding hydrogens is 166 g/mol. The summed E-state index contributed by atoms with van der Waals surface area (Å²) < 4.78 is 5.73. The predicted molar refractivity (Wildman–Crippen MR) is 41.3 cm³/mol. The third kappa shape index (κ3) is 7.19. The number of morpholine rings is 1. The van der Waals surface area contributed by atoms with Gasteiger partial charge in [-0.15, -0.1) is 0 Å². The molecule has 7 heteroatoms. The van der Waals surface area contributed by atoms with Gasteiger partial charge in [0.25, 0.3) is 0 Å². The standard InChI is InChI=1S/C5H13N2O.NO3/c1-7(6)2-4-8-5-3-7;2-1(3)4/h2-6H2,1H3;/q+1;-1. The fourth-order valence-electron chi connectivity index (χ4n) is 0.760. The molecule has 1 aliphatic heterocycles. The highest BCUT2D eigenvalue weighted by Gasteiger charge is 2.19. The number of quaternary nitrogens is 1. The highest BCUT2D eigenvalue weighted by molar-refractivity contribution is 4.39. The molecule has 1 rings (SSSR count). The van der Waals surface area contributed by atoms with Crippen molar-refractivity contribution in [1.29, 1.82) is 0 Å². The minimum Gasteiger partial charge on any atom is -0.370 e. The summed E-state index contributed by atoms with van der Waals surface area (Å²) in [6.07, 6.45) is 0. The van der Waals surface area contributed by atoms with Crippen molar-refractivity contribution in [2.24, 2.45) is 5.84 Å². The molecule has 1 saturated heterocycles. The van der Waals surface area contributed by atoms with E-state index >= 15 is 0 Å². The molecule has 0 spiro atoms. The van der Waals surface area contributed by atoms with Crippen LogP contribution in [0, 0.1) is 15.3 Å². The molecule has 0 bridgehead atoms. The first-order valence-electron chi connectivity index (χ1n) is 3.46. The molecule has 0 aromatic heterocycles. The van der Waals surface area contributed by atoms with Crippen LogP contribution < -0.4 is 5.84 Å². The Morgan fingerprint density at radius 1 is 1.42 bits per heavy atom. The molecule has 0 atom stereocenters. The van der Waals surface area contributed by atoms with Crippen LogP contribution in [0.2, 0.25) is 0 Å². The molecule has 0 saturated carbocycles. The number of nitrogens with zero attached hydrogens (tertiary/aromatic N) is 2. The number of likely N-dealkylation sites (N-methyl/N-ethyl adjacent to an activating group) is 1. The molecule has 0 unspecified atom stereocenters. The smallest absolute Gasteiger partial charge is 0.120 e. The SMILES string of the molecule is C[N+]1(N)CCOCC1.O=[N+]([O-])[O-]. The van der Waals surface area contributed by atoms with Gasteiger partial charge in [0.2, 0.25) is 0 Å². The van der Waals surface area contributed by atoms with Gasteiger partial charge in [-0.3, -0.25) is 0 Å². The van der Waals surface area contributed by atoms with Gasteiger partial charge in [0, 0.05) is 0 Å². The fourth-order valence-corrected chi connectivity index (χ4v) is 0.760. The largest absolute Gasteiger partial charge is 0.370 e. The van der Waals surface area contributed by atoms with Crippen molar-refractivity contribution in [3.8, 4) is 0 Å². The number of nitrogens with two attached hydrogens (primary N) is 1. The summed E-state index contributed by atoms with van der Waals surface area (Å²) in [6.45, 7) is 3.51. The van der Waals surface area contributed by atoms with E-state index in [1.807, 2.05) is 7.05 Å². The van der Waals surface area contributed by atoms with Crippen molar-refractivity contribution >= 4 is 0 Å². The Bertz CT molecular complexity index is 138. The van der Waals surface area contributed by atoms with E-state index in [4.69, 9.17) is 25.9 Å². The van der Waals surface area contributed by atoms with Crippen LogP contribution in [0.25, 0.3) is 0 Å². The van der Waals surface area contributed by atoms with Gasteiger partial charge in [-0.2, -0.15) is 5.84 Å². The van der Waals surface area contributed by atoms with Gasteiger partial charge < -0.3 is 20.1 Å². The molecule has 0 amide bonds. The highest BCUT2D eigenvalue weighted by Crippen LogP contribution is 1.97. The van der Waals surface area contributed by atoms with Crippen molar-refractivity contribution in [2.45, 2.75) is 0 Å². The average molecular weight is 179 g/mol. The van der Waals surface area contributed by atoms with Crippen molar-refractivity contribution in [2.75, 3.05) is 33.4 Å². The van der Waals surface area contributed by atoms with E-state index in [0.29, 0.717) is 4.59 Å². The second-order valence-corrected chi connectivity index (χ2v) is 2.76. The monoisotopic (exact) mass is 179 g/mol. The van der Waals surface area contributed by atoms with Crippen LogP contribution in [0.1, 0.15) is 0 Å². The highest BCUT2D eigenvalue weighted by atomic mass is 16.9. The van der Waals surface area contributed by atoms with Crippen molar-refractivity contribution in [3.63, 3.8) is 0 Å². The van der Waals surface area contributed by atoms with Gasteiger partial charge in [-0.25, -0.2) is 4.59 Å². The molecule has 12 heavy (non-hydrogen) atoms. The third-order valence-corrected chi connectivity index (χ3v) is 1.49. The summed E-state index contributed by atoms with van der Waals surface area (Å²) in [4.78, 5) is 8.25. The Kier molecular flexibility index (Phi) is 4.49. The second kappa shape index (κ2) is 4.86. The normalized spacial score (nSPS) is 20.5. The molecule has 0 aromatic rings. The summed E-state index contributed by atoms with van der Waals surface area (Å²) in [5.74, 6) is 5.74. The van der Waals surface area contributed by atoms with E-state index in [1.54, 1.807) is 0 Å². The predicted octanol–water partition coefficient (Wildman–Crippen LogP) is -0.902. The average Bonchev–Trinajstić information content (AvgIpc) is 1.85. The van der Waals surface area contributed by atoms with Crippen molar-refractivity contribution in [1.82, 2.24) is 0 Å². The maximum Gasteiger partial charge on any atom is 0.120 e. The zero-order chi connectivity index (χ0) is 9.61. The van der Waals surface area contributed by atoms with Gasteiger partial charge in [-0.1, -0.05) is 0 Å². The summed E-state index contributed by atoms with van der Waals surface area (Å²) in [7, 11) is 2.02. The Morgan fingerprint density at radius 2 is 1.75 bits per heavy atom. The van der Waals surface area contributed by atoms with Crippen LogP contribution in [0.3, 0.4) is 0 Å². The van der Waals surface area contributed by atoms with E-state index in [9.17, 15) is 0 Å². The van der Waals surface area contributed by atoms with E-state index in [-0.39, 0.29) is 0 Å². The van der Waals surface area contributed by atoms with Crippen molar-refractivity contribution in [3.05, 3.63) is 15.3 Å². The first-order valence-corrected chi connectivity index (χ1v) is 3.46. The van der Waals surface area contributed by atoms with Crippen LogP contribution in [0.4, 0.5) is 0 Å². The number of hydrogen-bond acceptors (Lipinski definition) is 5. The topological polar surface area (TPSA) is 101 Å². The Labute approximate surface area is 70.0 Å². The van der Waals surface area contributed by atoms with Crippen molar-refractivity contribution < 1.29 is 14.4 Å². The van der Waals surface area contributed by atoms with E-state index in [0.717, 1.165) is 26.3 Å². The zero-order valence-electron chi connectivity index (χ0n) is 6.93. The van der Waals surface area contributed by atoms with E-state index in [2.05, 4.69) is 0 Å². The van der Waals surface area contributed by atoms with Gasteiger partial charge >= 0.3 is 0 Å². The molecular formula is C5H13N3O4. The quantitative estimate of drug-likeness (QED) is 0.224. The number of rotatable bonds is 0. The molecule has 0 aromatic carbocycles. The summed E-state index contributed by atoms with van der Waals surface area (Å²) >= 11 is 0. The van der Waals surface area contributed by atoms with E-state index in [1.165, 1.54) is 0 Å². The van der Waals surface area contributed by atoms with Crippen LogP contribution in [0.15, 0.2) is 0 Å². The molecule has 1 aliphatic rings. The fraction of sp³-hybridized carbons (Fsp3) is 1.00. The lowest BCUT2D eigenvalue weighted by Crippen LogP contribution is -2.57. The maximum absolute atomic E-state index is 8.25. The lowest BCUT2D eigenvalue weighted by atomic mass is 10.4. The van der Waals surface area contributed by atoms with Gasteiger partial charge in [0.15, 0.2) is 0 Å². The second-order valence-electron chi connectivity index (χ2n) is 2.76. The summed E-state index contributed by atoms with van der Waals surface area (Å²) in [5.41, 5.74) is 0. The lowest BCUT2D eigenvalue weighted by molar-refractivity contribution is -0.928. The third-order valence-electron chi connectivity index (χ3n) is 1.49. The number of hydrogen-bond donors (Lipinski definition) is 1. The van der Waals surface area contributed by atoms with Crippen LogP contribution in [0.5, 0.6) is 0 Å². The molecule has 1 heterocycles.